The molecular weight excluding hydrogens is 500 g/mol. The van der Waals surface area contributed by atoms with E-state index in [1.807, 2.05) is 49.0 Å². The Kier molecular flexibility index (Phi) is 5.33. The van der Waals surface area contributed by atoms with Gasteiger partial charge in [0.2, 0.25) is 5.91 Å². The number of hydrogen-bond acceptors (Lipinski definition) is 4. The summed E-state index contributed by atoms with van der Waals surface area (Å²) >= 11 is 1.44. The highest BCUT2D eigenvalue weighted by Gasteiger charge is 2.61. The third kappa shape index (κ3) is 3.58. The average Bonchev–Trinajstić information content (AvgIpc) is 3.66. The molecule has 1 amide bonds. The van der Waals surface area contributed by atoms with Gasteiger partial charge in [-0.1, -0.05) is 72.8 Å². The topological polar surface area (TPSA) is 81.6 Å². The normalized spacial score (nSPS) is 22.5. The smallest absolute Gasteiger partial charge is 0.233 e. The fourth-order valence-corrected chi connectivity index (χ4v) is 7.41. The Labute approximate surface area is 231 Å². The summed E-state index contributed by atoms with van der Waals surface area (Å²) in [4.78, 5) is 21.9. The SMILES string of the molecule is CC1(C(=O)Nc2nc(Cc3ccc(-c4cc[nH]c4)cc3)cs2)CC2(C#N)c3ccccc3C1c1ccccc12. The lowest BCUT2D eigenvalue weighted by molar-refractivity contribution is -0.127. The molecular formula is C33H26N4OS. The Morgan fingerprint density at radius 2 is 1.72 bits per heavy atom. The van der Waals surface area contributed by atoms with Crippen LogP contribution in [0.1, 0.15) is 52.8 Å². The number of amides is 1. The maximum absolute atomic E-state index is 14.0. The number of H-pyrrole nitrogens is 1. The average molecular weight is 527 g/mol. The van der Waals surface area contributed by atoms with Crippen molar-refractivity contribution in [3.63, 3.8) is 0 Å². The fourth-order valence-electron chi connectivity index (χ4n) is 6.70. The van der Waals surface area contributed by atoms with Crippen LogP contribution in [0.15, 0.2) is 96.6 Å². The summed E-state index contributed by atoms with van der Waals surface area (Å²) in [5.41, 5.74) is 6.97. The van der Waals surface area contributed by atoms with E-state index in [1.165, 1.54) is 16.9 Å². The van der Waals surface area contributed by atoms with Gasteiger partial charge in [-0.15, -0.1) is 11.3 Å². The molecule has 0 fully saturated rings. The van der Waals surface area contributed by atoms with Crippen molar-refractivity contribution in [3.05, 3.63) is 130 Å². The molecule has 0 radical (unpaired) electrons. The van der Waals surface area contributed by atoms with E-state index in [9.17, 15) is 10.1 Å². The minimum Gasteiger partial charge on any atom is -0.367 e. The van der Waals surface area contributed by atoms with Gasteiger partial charge in [0.25, 0.3) is 0 Å². The number of aromatic amines is 1. The predicted octanol–water partition coefficient (Wildman–Crippen LogP) is 7.03. The Morgan fingerprint density at radius 3 is 2.36 bits per heavy atom. The second kappa shape index (κ2) is 8.79. The number of anilines is 1. The van der Waals surface area contributed by atoms with E-state index < -0.39 is 10.8 Å². The van der Waals surface area contributed by atoms with Gasteiger partial charge in [0, 0.05) is 30.1 Å². The first kappa shape index (κ1) is 23.6. The van der Waals surface area contributed by atoms with E-state index in [2.05, 4.69) is 71.0 Å². The van der Waals surface area contributed by atoms with Crippen molar-refractivity contribution in [2.24, 2.45) is 5.41 Å². The highest BCUT2D eigenvalue weighted by molar-refractivity contribution is 7.13. The molecule has 5 nitrogen and oxygen atoms in total. The van der Waals surface area contributed by atoms with Crippen molar-refractivity contribution >= 4 is 22.4 Å². The van der Waals surface area contributed by atoms with Crippen LogP contribution < -0.4 is 5.32 Å². The Hall–Kier alpha value is -4.47. The van der Waals surface area contributed by atoms with Crippen LogP contribution in [0, 0.1) is 16.7 Å². The number of thiazole rings is 1. The second-order valence-electron chi connectivity index (χ2n) is 10.8. The van der Waals surface area contributed by atoms with Crippen molar-refractivity contribution < 1.29 is 4.79 Å². The van der Waals surface area contributed by atoms with Gasteiger partial charge in [-0.25, -0.2) is 4.98 Å². The van der Waals surface area contributed by atoms with Crippen LogP contribution in [-0.4, -0.2) is 15.9 Å². The van der Waals surface area contributed by atoms with Crippen molar-refractivity contribution in [2.45, 2.75) is 31.1 Å². The van der Waals surface area contributed by atoms with Crippen LogP contribution in [0.5, 0.6) is 0 Å². The number of carbonyl (C=O) groups excluding carboxylic acids is 1. The van der Waals surface area contributed by atoms with Gasteiger partial charge < -0.3 is 10.3 Å². The molecule has 3 aromatic carbocycles. The summed E-state index contributed by atoms with van der Waals surface area (Å²) in [6.45, 7) is 2.01. The number of aromatic nitrogens is 2. The van der Waals surface area contributed by atoms with Crippen molar-refractivity contribution in [1.82, 2.24) is 9.97 Å². The first-order valence-electron chi connectivity index (χ1n) is 13.1. The number of benzene rings is 3. The molecule has 1 atom stereocenters. The molecule has 190 valence electrons. The summed E-state index contributed by atoms with van der Waals surface area (Å²) in [6, 6.07) is 29.4. The third-order valence-electron chi connectivity index (χ3n) is 8.48. The fraction of sp³-hybridized carbons (Fsp3) is 0.182. The quantitative estimate of drug-likeness (QED) is 0.258. The van der Waals surface area contributed by atoms with E-state index in [4.69, 9.17) is 4.98 Å². The molecule has 2 aromatic heterocycles. The Bertz CT molecular complexity index is 1700. The Morgan fingerprint density at radius 1 is 1.03 bits per heavy atom. The zero-order chi connectivity index (χ0) is 26.6. The van der Waals surface area contributed by atoms with Gasteiger partial charge >= 0.3 is 0 Å². The van der Waals surface area contributed by atoms with E-state index in [0.717, 1.165) is 39.1 Å². The molecule has 0 saturated carbocycles. The summed E-state index contributed by atoms with van der Waals surface area (Å²) in [5, 5.41) is 16.3. The molecule has 3 aliphatic rings. The van der Waals surface area contributed by atoms with Gasteiger partial charge in [-0.05, 0) is 58.4 Å². The lowest BCUT2D eigenvalue weighted by atomic mass is 9.47. The van der Waals surface area contributed by atoms with Crippen LogP contribution in [0.25, 0.3) is 11.1 Å². The Balaban J connectivity index is 1.15. The monoisotopic (exact) mass is 526 g/mol. The van der Waals surface area contributed by atoms with Crippen molar-refractivity contribution in [2.75, 3.05) is 5.32 Å². The number of nitriles is 1. The maximum atomic E-state index is 14.0. The van der Waals surface area contributed by atoms with Crippen LogP contribution in [0.4, 0.5) is 5.13 Å². The molecule has 3 aliphatic carbocycles. The van der Waals surface area contributed by atoms with Crippen LogP contribution in [-0.2, 0) is 16.6 Å². The molecule has 2 heterocycles. The number of nitrogens with one attached hydrogen (secondary N) is 2. The number of carbonyl (C=O) groups is 1. The first-order chi connectivity index (χ1) is 19.0. The lowest BCUT2D eigenvalue weighted by Crippen LogP contribution is -2.53. The van der Waals surface area contributed by atoms with Gasteiger partial charge in [0.1, 0.15) is 5.41 Å². The van der Waals surface area contributed by atoms with Crippen molar-refractivity contribution in [3.8, 4) is 17.2 Å². The number of fused-ring (bicyclic) bond motifs is 1. The lowest BCUT2D eigenvalue weighted by Gasteiger charge is -2.54. The number of hydrogen-bond donors (Lipinski definition) is 2. The van der Waals surface area contributed by atoms with Gasteiger partial charge in [-0.2, -0.15) is 5.26 Å². The molecule has 5 aromatic rings. The molecule has 0 aliphatic heterocycles. The molecule has 0 saturated heterocycles. The standard InChI is InChI=1S/C33H26N4OS/c1-32(19-33(20-34)27-8-4-2-6-25(27)29(32)26-7-3-5-9-28(26)33)30(38)37-31-36-24(18-39-31)16-21-10-12-22(13-11-21)23-14-15-35-17-23/h2-15,17-18,29,35H,16,19H2,1H3,(H,36,37,38). The van der Waals surface area contributed by atoms with Gasteiger partial charge in [-0.3, -0.25) is 4.79 Å². The van der Waals surface area contributed by atoms with Crippen LogP contribution >= 0.6 is 11.3 Å². The molecule has 2 bridgehead atoms. The van der Waals surface area contributed by atoms with Gasteiger partial charge in [0.15, 0.2) is 5.13 Å². The van der Waals surface area contributed by atoms with E-state index >= 15 is 0 Å². The van der Waals surface area contributed by atoms with E-state index in [0.29, 0.717) is 18.0 Å². The highest BCUT2D eigenvalue weighted by atomic mass is 32.1. The molecule has 2 N–H and O–H groups in total. The molecule has 1 unspecified atom stereocenters. The number of nitrogens with zero attached hydrogens (tertiary/aromatic N) is 2. The summed E-state index contributed by atoms with van der Waals surface area (Å²) in [6.07, 6.45) is 5.04. The van der Waals surface area contributed by atoms with E-state index in [-0.39, 0.29) is 11.8 Å². The number of rotatable bonds is 5. The zero-order valence-electron chi connectivity index (χ0n) is 21.4. The molecule has 8 rings (SSSR count). The minimum absolute atomic E-state index is 0.0899. The zero-order valence-corrected chi connectivity index (χ0v) is 22.3. The first-order valence-corrected chi connectivity index (χ1v) is 14.0. The summed E-state index contributed by atoms with van der Waals surface area (Å²) in [7, 11) is 0. The summed E-state index contributed by atoms with van der Waals surface area (Å²) < 4.78 is 0. The third-order valence-corrected chi connectivity index (χ3v) is 9.29. The predicted molar refractivity (Wildman–Crippen MR) is 154 cm³/mol. The van der Waals surface area contributed by atoms with Crippen molar-refractivity contribution in [1.29, 1.82) is 5.26 Å². The summed E-state index contributed by atoms with van der Waals surface area (Å²) in [5.74, 6) is -0.217. The largest absolute Gasteiger partial charge is 0.367 e. The van der Waals surface area contributed by atoms with Crippen LogP contribution in [0.3, 0.4) is 0 Å². The highest BCUT2D eigenvalue weighted by Crippen LogP contribution is 2.63. The van der Waals surface area contributed by atoms with Crippen LogP contribution in [0.2, 0.25) is 0 Å². The maximum Gasteiger partial charge on any atom is 0.233 e. The molecule has 0 spiro atoms. The minimum atomic E-state index is -0.853. The second-order valence-corrected chi connectivity index (χ2v) is 11.6. The van der Waals surface area contributed by atoms with E-state index in [1.54, 1.807) is 0 Å². The molecule has 6 heteroatoms. The van der Waals surface area contributed by atoms with Gasteiger partial charge in [0.05, 0.1) is 17.2 Å². The molecule has 39 heavy (non-hydrogen) atoms.